The number of nitrogens with zero attached hydrogens (tertiary/aromatic N) is 1. The van der Waals surface area contributed by atoms with Crippen molar-refractivity contribution in [2.45, 2.75) is 27.2 Å². The Morgan fingerprint density at radius 3 is 2.57 bits per heavy atom. The molecule has 0 atom stereocenters. The molecule has 0 spiro atoms. The summed E-state index contributed by atoms with van der Waals surface area (Å²) in [4.78, 5) is 3.88. The third-order valence-electron chi connectivity index (χ3n) is 2.98. The number of hydrogen-bond acceptors (Lipinski definition) is 3. The quantitative estimate of drug-likeness (QED) is 0.875. The van der Waals surface area contributed by atoms with Crippen LogP contribution < -0.4 is 10.1 Å². The van der Waals surface area contributed by atoms with Crippen molar-refractivity contribution in [3.05, 3.63) is 47.0 Å². The number of nitrogens with one attached hydrogen (secondary N) is 1. The number of ether oxygens (including phenoxy) is 1. The van der Waals surface area contributed by atoms with Crippen LogP contribution in [0.3, 0.4) is 0 Å². The van der Waals surface area contributed by atoms with Crippen LogP contribution in [0.1, 0.15) is 24.5 Å². The van der Waals surface area contributed by atoms with Crippen molar-refractivity contribution in [3.63, 3.8) is 0 Å². The Morgan fingerprint density at radius 1 is 1.14 bits per heavy atom. The largest absolute Gasteiger partial charge is 0.436 e. The molecular formula is C16H18F2N2O. The molecule has 1 aromatic carbocycles. The van der Waals surface area contributed by atoms with E-state index < -0.39 is 11.6 Å². The van der Waals surface area contributed by atoms with E-state index in [0.717, 1.165) is 23.6 Å². The van der Waals surface area contributed by atoms with Gasteiger partial charge in [0.15, 0.2) is 17.5 Å². The van der Waals surface area contributed by atoms with E-state index in [0.29, 0.717) is 12.3 Å². The van der Waals surface area contributed by atoms with Gasteiger partial charge in [0.1, 0.15) is 5.75 Å². The highest BCUT2D eigenvalue weighted by Crippen LogP contribution is 2.28. The Kier molecular flexibility index (Phi) is 4.73. The van der Waals surface area contributed by atoms with Crippen molar-refractivity contribution in [2.75, 3.05) is 11.9 Å². The highest BCUT2D eigenvalue weighted by atomic mass is 19.1. The molecule has 21 heavy (non-hydrogen) atoms. The second-order valence-corrected chi connectivity index (χ2v) is 4.90. The molecule has 1 heterocycles. The number of hydrogen-bond donors (Lipinski definition) is 1. The fourth-order valence-corrected chi connectivity index (χ4v) is 1.91. The zero-order valence-corrected chi connectivity index (χ0v) is 12.3. The summed E-state index contributed by atoms with van der Waals surface area (Å²) < 4.78 is 32.9. The summed E-state index contributed by atoms with van der Waals surface area (Å²) in [5.41, 5.74) is 1.95. The number of halogens is 2. The summed E-state index contributed by atoms with van der Waals surface area (Å²) in [5.74, 6) is -1.29. The molecular weight excluding hydrogens is 274 g/mol. The van der Waals surface area contributed by atoms with Gasteiger partial charge in [-0.1, -0.05) is 24.6 Å². The molecule has 2 aromatic rings. The van der Waals surface area contributed by atoms with Crippen LogP contribution in [0, 0.1) is 25.5 Å². The molecule has 3 nitrogen and oxygen atoms in total. The first-order valence-corrected chi connectivity index (χ1v) is 6.86. The van der Waals surface area contributed by atoms with Crippen LogP contribution in [0.15, 0.2) is 24.3 Å². The minimum absolute atomic E-state index is 0.00184. The van der Waals surface area contributed by atoms with E-state index in [2.05, 4.69) is 10.3 Å². The maximum atomic E-state index is 13.8. The first-order chi connectivity index (χ1) is 10.0. The molecule has 0 saturated carbocycles. The van der Waals surface area contributed by atoms with Gasteiger partial charge in [-0.3, -0.25) is 0 Å². The topological polar surface area (TPSA) is 34.2 Å². The lowest BCUT2D eigenvalue weighted by atomic mass is 10.1. The van der Waals surface area contributed by atoms with Gasteiger partial charge in [0.2, 0.25) is 0 Å². The summed E-state index contributed by atoms with van der Waals surface area (Å²) in [6.07, 6.45) is 0.811. The lowest BCUT2D eigenvalue weighted by Gasteiger charge is -2.11. The van der Waals surface area contributed by atoms with E-state index in [1.165, 1.54) is 0 Å². The van der Waals surface area contributed by atoms with Gasteiger partial charge < -0.3 is 10.1 Å². The summed E-state index contributed by atoms with van der Waals surface area (Å²) in [6.45, 7) is 6.32. The summed E-state index contributed by atoms with van der Waals surface area (Å²) in [7, 11) is 0. The Morgan fingerprint density at radius 2 is 1.90 bits per heavy atom. The molecule has 0 radical (unpaired) electrons. The number of aryl methyl sites for hydroxylation is 2. The molecule has 0 saturated heterocycles. The van der Waals surface area contributed by atoms with Crippen LogP contribution >= 0.6 is 0 Å². The second kappa shape index (κ2) is 6.52. The molecule has 0 amide bonds. The monoisotopic (exact) mass is 292 g/mol. The second-order valence-electron chi connectivity index (χ2n) is 4.90. The van der Waals surface area contributed by atoms with Gasteiger partial charge in [-0.2, -0.15) is 4.98 Å². The Hall–Kier alpha value is -2.17. The molecule has 0 aliphatic rings. The first-order valence-electron chi connectivity index (χ1n) is 6.86. The van der Waals surface area contributed by atoms with Crippen LogP contribution in [0.25, 0.3) is 0 Å². The maximum Gasteiger partial charge on any atom is 0.258 e. The number of pyridine rings is 1. The molecule has 0 bridgehead atoms. The minimum Gasteiger partial charge on any atom is -0.436 e. The Balaban J connectivity index is 2.30. The smallest absolute Gasteiger partial charge is 0.258 e. The van der Waals surface area contributed by atoms with Gasteiger partial charge in [0.25, 0.3) is 5.88 Å². The van der Waals surface area contributed by atoms with Crippen molar-refractivity contribution >= 4 is 5.82 Å². The SMILES string of the molecule is CCCNc1nc(Oc2ccc(C)cc2C)c(F)cc1F. The van der Waals surface area contributed by atoms with Gasteiger partial charge in [-0.15, -0.1) is 0 Å². The van der Waals surface area contributed by atoms with Crippen LogP contribution in [0.5, 0.6) is 11.6 Å². The number of aromatic nitrogens is 1. The van der Waals surface area contributed by atoms with Gasteiger partial charge in [-0.05, 0) is 31.9 Å². The van der Waals surface area contributed by atoms with Crippen molar-refractivity contribution in [1.29, 1.82) is 0 Å². The highest BCUT2D eigenvalue weighted by Gasteiger charge is 2.14. The van der Waals surface area contributed by atoms with E-state index in [4.69, 9.17) is 4.74 Å². The van der Waals surface area contributed by atoms with E-state index >= 15 is 0 Å². The lowest BCUT2D eigenvalue weighted by molar-refractivity contribution is 0.415. The summed E-state index contributed by atoms with van der Waals surface area (Å²) >= 11 is 0. The molecule has 0 aliphatic heterocycles. The number of anilines is 1. The molecule has 0 aliphatic carbocycles. The Labute approximate surface area is 123 Å². The normalized spacial score (nSPS) is 10.5. The van der Waals surface area contributed by atoms with Gasteiger partial charge in [0, 0.05) is 12.6 Å². The number of benzene rings is 1. The summed E-state index contributed by atoms with van der Waals surface area (Å²) in [6, 6.07) is 6.31. The third-order valence-corrected chi connectivity index (χ3v) is 2.98. The fraction of sp³-hybridized carbons (Fsp3) is 0.312. The highest BCUT2D eigenvalue weighted by molar-refractivity contribution is 5.42. The molecule has 1 aromatic heterocycles. The molecule has 0 unspecified atom stereocenters. The molecule has 5 heteroatoms. The fourth-order valence-electron chi connectivity index (χ4n) is 1.91. The predicted octanol–water partition coefficient (Wildman–Crippen LogP) is 4.59. The van der Waals surface area contributed by atoms with Crippen LogP contribution in [0.2, 0.25) is 0 Å². The van der Waals surface area contributed by atoms with E-state index in [9.17, 15) is 8.78 Å². The average molecular weight is 292 g/mol. The maximum absolute atomic E-state index is 13.8. The van der Waals surface area contributed by atoms with E-state index in [1.54, 1.807) is 6.07 Å². The first kappa shape index (κ1) is 15.2. The molecule has 0 fully saturated rings. The molecule has 2 rings (SSSR count). The van der Waals surface area contributed by atoms with Gasteiger partial charge in [0.05, 0.1) is 0 Å². The van der Waals surface area contributed by atoms with Crippen molar-refractivity contribution in [2.24, 2.45) is 0 Å². The van der Waals surface area contributed by atoms with Crippen LogP contribution in [-0.4, -0.2) is 11.5 Å². The van der Waals surface area contributed by atoms with Crippen molar-refractivity contribution in [1.82, 2.24) is 4.98 Å². The van der Waals surface area contributed by atoms with Gasteiger partial charge in [-0.25, -0.2) is 8.78 Å². The van der Waals surface area contributed by atoms with Crippen LogP contribution in [0.4, 0.5) is 14.6 Å². The van der Waals surface area contributed by atoms with Gasteiger partial charge >= 0.3 is 0 Å². The molecule has 112 valence electrons. The zero-order chi connectivity index (χ0) is 15.4. The lowest BCUT2D eigenvalue weighted by Crippen LogP contribution is -2.06. The average Bonchev–Trinajstić information content (AvgIpc) is 2.43. The standard InChI is InChI=1S/C16H18F2N2O/c1-4-7-19-15-12(17)9-13(18)16(20-15)21-14-6-5-10(2)8-11(14)3/h5-6,8-9H,4,7H2,1-3H3,(H,19,20). The predicted molar refractivity (Wildman–Crippen MR) is 78.9 cm³/mol. The Bertz CT molecular complexity index is 644. The van der Waals surface area contributed by atoms with Crippen molar-refractivity contribution in [3.8, 4) is 11.6 Å². The third kappa shape index (κ3) is 3.68. The molecule has 1 N–H and O–H groups in total. The zero-order valence-electron chi connectivity index (χ0n) is 12.3. The van der Waals surface area contributed by atoms with Crippen molar-refractivity contribution < 1.29 is 13.5 Å². The number of rotatable bonds is 5. The summed E-state index contributed by atoms with van der Waals surface area (Å²) in [5, 5.41) is 2.81. The van der Waals surface area contributed by atoms with E-state index in [-0.39, 0.29) is 11.7 Å². The van der Waals surface area contributed by atoms with Crippen LogP contribution in [-0.2, 0) is 0 Å². The minimum atomic E-state index is -0.825. The van der Waals surface area contributed by atoms with E-state index in [1.807, 2.05) is 32.9 Å².